The lowest BCUT2D eigenvalue weighted by Gasteiger charge is -2.01. The lowest BCUT2D eigenvalue weighted by molar-refractivity contribution is 0.902. The van der Waals surface area contributed by atoms with Gasteiger partial charge in [-0.15, -0.1) is 0 Å². The summed E-state index contributed by atoms with van der Waals surface area (Å²) in [6.07, 6.45) is 3.38. The van der Waals surface area contributed by atoms with Gasteiger partial charge < -0.3 is 4.57 Å². The molecule has 0 aliphatic heterocycles. The van der Waals surface area contributed by atoms with Crippen LogP contribution in [0.1, 0.15) is 0 Å². The summed E-state index contributed by atoms with van der Waals surface area (Å²) in [5, 5.41) is 0.930. The second-order valence-corrected chi connectivity index (χ2v) is 2.59. The van der Waals surface area contributed by atoms with Crippen molar-refractivity contribution in [3.63, 3.8) is 0 Å². The first kappa shape index (κ1) is 7.03. The van der Waals surface area contributed by atoms with Crippen molar-refractivity contribution in [2.75, 3.05) is 0 Å². The average Bonchev–Trinajstić information content (AvgIpc) is 2.12. The van der Waals surface area contributed by atoms with Crippen LogP contribution in [0.2, 0.25) is 0 Å². The minimum atomic E-state index is -0.117. The van der Waals surface area contributed by atoms with E-state index in [1.807, 2.05) is 6.07 Å². The van der Waals surface area contributed by atoms with Gasteiger partial charge >= 0.3 is 0 Å². The van der Waals surface area contributed by atoms with Gasteiger partial charge in [0.05, 0.1) is 11.6 Å². The van der Waals surface area contributed by atoms with Gasteiger partial charge in [0.2, 0.25) is 0 Å². The van der Waals surface area contributed by atoms with E-state index in [-0.39, 0.29) is 5.56 Å². The fourth-order valence-electron chi connectivity index (χ4n) is 1.16. The van der Waals surface area contributed by atoms with E-state index in [0.29, 0.717) is 0 Å². The van der Waals surface area contributed by atoms with Crippen molar-refractivity contribution in [1.82, 2.24) is 9.55 Å². The minimum absolute atomic E-state index is 0.117. The molecule has 0 N–H and O–H groups in total. The van der Waals surface area contributed by atoms with Crippen LogP contribution < -0.4 is 5.56 Å². The monoisotopic (exact) mass is 159 g/mol. The van der Waals surface area contributed by atoms with Crippen molar-refractivity contribution < 1.29 is 0 Å². The van der Waals surface area contributed by atoms with E-state index in [9.17, 15) is 4.79 Å². The third-order valence-electron chi connectivity index (χ3n) is 1.84. The Bertz CT molecular complexity index is 473. The molecule has 0 aliphatic rings. The molecule has 0 unspecified atom stereocenters. The van der Waals surface area contributed by atoms with E-state index in [2.05, 4.69) is 11.1 Å². The Morgan fingerprint density at radius 1 is 1.58 bits per heavy atom. The summed E-state index contributed by atoms with van der Waals surface area (Å²) in [5.41, 5.74) is 0.766. The van der Waals surface area contributed by atoms with Gasteiger partial charge in [-0.3, -0.25) is 9.78 Å². The van der Waals surface area contributed by atoms with E-state index in [1.165, 1.54) is 0 Å². The van der Waals surface area contributed by atoms with Gasteiger partial charge in [-0.05, 0) is 12.1 Å². The van der Waals surface area contributed by atoms with Crippen LogP contribution in [0.3, 0.4) is 0 Å². The zero-order valence-electron chi connectivity index (χ0n) is 6.61. The lowest BCUT2D eigenvalue weighted by Crippen LogP contribution is -2.15. The molecule has 0 fully saturated rings. The fraction of sp³-hybridized carbons (Fsp3) is 0.111. The van der Waals surface area contributed by atoms with Crippen LogP contribution in [-0.4, -0.2) is 9.55 Å². The highest BCUT2D eigenvalue weighted by Crippen LogP contribution is 2.06. The first-order valence-corrected chi connectivity index (χ1v) is 3.60. The Morgan fingerprint density at radius 2 is 2.42 bits per heavy atom. The summed E-state index contributed by atoms with van der Waals surface area (Å²) >= 11 is 0. The Morgan fingerprint density at radius 3 is 3.25 bits per heavy atom. The van der Waals surface area contributed by atoms with Crippen LogP contribution in [0.25, 0.3) is 10.9 Å². The van der Waals surface area contributed by atoms with Crippen molar-refractivity contribution >= 4 is 10.9 Å². The van der Waals surface area contributed by atoms with Crippen LogP contribution >= 0.6 is 0 Å². The molecule has 59 valence electrons. The topological polar surface area (TPSA) is 34.9 Å². The Hall–Kier alpha value is -1.64. The van der Waals surface area contributed by atoms with Gasteiger partial charge in [-0.25, -0.2) is 0 Å². The van der Waals surface area contributed by atoms with Crippen LogP contribution in [0.5, 0.6) is 0 Å². The third kappa shape index (κ3) is 0.906. The molecule has 0 saturated heterocycles. The Labute approximate surface area is 69.3 Å². The predicted octanol–water partition coefficient (Wildman–Crippen LogP) is 0.734. The average molecular weight is 159 g/mol. The summed E-state index contributed by atoms with van der Waals surface area (Å²) in [6.45, 7) is 0. The number of aromatic nitrogens is 2. The van der Waals surface area contributed by atoms with Crippen LogP contribution in [0.15, 0.2) is 29.3 Å². The Balaban J connectivity index is 3.01. The number of hydrogen-bond acceptors (Lipinski definition) is 2. The molecule has 3 heteroatoms. The highest BCUT2D eigenvalue weighted by Gasteiger charge is 1.96. The molecule has 2 rings (SSSR count). The van der Waals surface area contributed by atoms with E-state index in [1.54, 1.807) is 30.1 Å². The second kappa shape index (κ2) is 2.44. The number of fused-ring (bicyclic) bond motifs is 1. The smallest absolute Gasteiger partial charge is 0.258 e. The molecule has 0 amide bonds. The van der Waals surface area contributed by atoms with E-state index in [0.717, 1.165) is 10.9 Å². The largest absolute Gasteiger partial charge is 0.311 e. The number of pyridine rings is 2. The summed E-state index contributed by atoms with van der Waals surface area (Å²) in [5.74, 6) is 0. The van der Waals surface area contributed by atoms with Gasteiger partial charge in [0.15, 0.2) is 0 Å². The summed E-state index contributed by atoms with van der Waals surface area (Å²) in [7, 11) is 1.72. The normalized spacial score (nSPS) is 10.4. The summed E-state index contributed by atoms with van der Waals surface area (Å²) in [6, 6.07) is 6.08. The number of rotatable bonds is 0. The SMILES string of the molecule is Cn1c(=O)[c]cc2cnccc21. The van der Waals surface area contributed by atoms with Crippen LogP contribution in [0, 0.1) is 6.07 Å². The van der Waals surface area contributed by atoms with Crippen molar-refractivity contribution in [3.05, 3.63) is 40.9 Å². The maximum absolute atomic E-state index is 11.1. The molecule has 0 atom stereocenters. The first-order chi connectivity index (χ1) is 5.79. The zero-order chi connectivity index (χ0) is 8.55. The third-order valence-corrected chi connectivity index (χ3v) is 1.84. The quantitative estimate of drug-likeness (QED) is 0.568. The molecule has 1 radical (unpaired) electrons. The predicted molar refractivity (Wildman–Crippen MR) is 45.8 cm³/mol. The lowest BCUT2D eigenvalue weighted by atomic mass is 10.3. The highest BCUT2D eigenvalue weighted by atomic mass is 16.1. The molecule has 2 aromatic heterocycles. The van der Waals surface area contributed by atoms with E-state index >= 15 is 0 Å². The molecular weight excluding hydrogens is 152 g/mol. The number of hydrogen-bond donors (Lipinski definition) is 0. The number of nitrogens with zero attached hydrogens (tertiary/aromatic N) is 2. The standard InChI is InChI=1S/C9H7N2O/c1-11-8-4-5-10-6-7(8)2-3-9(11)12/h2,4-6H,1H3. The molecule has 12 heavy (non-hydrogen) atoms. The van der Waals surface area contributed by atoms with E-state index in [4.69, 9.17) is 0 Å². The molecule has 0 spiro atoms. The minimum Gasteiger partial charge on any atom is -0.311 e. The van der Waals surface area contributed by atoms with Crippen molar-refractivity contribution in [2.24, 2.45) is 7.05 Å². The molecule has 2 heterocycles. The van der Waals surface area contributed by atoms with Crippen LogP contribution in [0.4, 0.5) is 0 Å². The molecular formula is C9H7N2O. The molecule has 2 aromatic rings. The molecule has 3 nitrogen and oxygen atoms in total. The zero-order valence-corrected chi connectivity index (χ0v) is 6.61. The van der Waals surface area contributed by atoms with Crippen molar-refractivity contribution in [3.8, 4) is 0 Å². The highest BCUT2D eigenvalue weighted by molar-refractivity contribution is 5.77. The molecule has 0 aromatic carbocycles. The van der Waals surface area contributed by atoms with Gasteiger partial charge in [0.1, 0.15) is 0 Å². The van der Waals surface area contributed by atoms with Crippen molar-refractivity contribution in [2.45, 2.75) is 0 Å². The maximum atomic E-state index is 11.1. The van der Waals surface area contributed by atoms with Crippen molar-refractivity contribution in [1.29, 1.82) is 0 Å². The molecule has 0 aliphatic carbocycles. The first-order valence-electron chi connectivity index (χ1n) is 3.60. The van der Waals surface area contributed by atoms with E-state index < -0.39 is 0 Å². The molecule has 0 saturated carbocycles. The fourth-order valence-corrected chi connectivity index (χ4v) is 1.16. The second-order valence-electron chi connectivity index (χ2n) is 2.59. The summed E-state index contributed by atoms with van der Waals surface area (Å²) < 4.78 is 1.55. The maximum Gasteiger partial charge on any atom is 0.258 e. The summed E-state index contributed by atoms with van der Waals surface area (Å²) in [4.78, 5) is 15.1. The van der Waals surface area contributed by atoms with Gasteiger partial charge in [-0.2, -0.15) is 0 Å². The molecule has 0 bridgehead atoms. The van der Waals surface area contributed by atoms with Gasteiger partial charge in [0.25, 0.3) is 5.56 Å². The Kier molecular flexibility index (Phi) is 1.43. The van der Waals surface area contributed by atoms with Gasteiger partial charge in [0, 0.05) is 24.8 Å². The van der Waals surface area contributed by atoms with Crippen LogP contribution in [-0.2, 0) is 7.05 Å². The van der Waals surface area contributed by atoms with Gasteiger partial charge in [-0.1, -0.05) is 0 Å². The number of aryl methyl sites for hydroxylation is 1.